The molecule has 136 valence electrons. The standard InChI is InChI=1S/C22H25NO3/c1-25-19-10-6-5-9-18(19)22(11-12-22)20(24)23-15-21(26-2)13-16-7-3-4-8-17(16)14-21/h3-10H,11-15H2,1-2H3,(H,23,24). The van der Waals surface area contributed by atoms with Crippen molar-refractivity contribution in [1.29, 1.82) is 0 Å². The number of benzene rings is 2. The average Bonchev–Trinajstić information content (AvgIpc) is 3.41. The highest BCUT2D eigenvalue weighted by Crippen LogP contribution is 2.51. The van der Waals surface area contributed by atoms with Crippen molar-refractivity contribution in [1.82, 2.24) is 5.32 Å². The quantitative estimate of drug-likeness (QED) is 0.870. The molecule has 2 aromatic rings. The summed E-state index contributed by atoms with van der Waals surface area (Å²) in [6.07, 6.45) is 3.39. The Bertz CT molecular complexity index is 801. The fraction of sp³-hybridized carbons (Fsp3) is 0.409. The first-order valence-electron chi connectivity index (χ1n) is 9.16. The summed E-state index contributed by atoms with van der Waals surface area (Å²) in [4.78, 5) is 13.1. The molecular weight excluding hydrogens is 326 g/mol. The maximum absolute atomic E-state index is 13.1. The molecule has 0 atom stereocenters. The first-order chi connectivity index (χ1) is 12.6. The third-order valence-electron chi connectivity index (χ3n) is 5.95. The topological polar surface area (TPSA) is 47.6 Å². The summed E-state index contributed by atoms with van der Waals surface area (Å²) < 4.78 is 11.4. The second-order valence-electron chi connectivity index (χ2n) is 7.47. The number of amides is 1. The van der Waals surface area contributed by atoms with Crippen LogP contribution in [0.25, 0.3) is 0 Å². The highest BCUT2D eigenvalue weighted by Gasteiger charge is 2.53. The van der Waals surface area contributed by atoms with E-state index < -0.39 is 5.41 Å². The van der Waals surface area contributed by atoms with Crippen LogP contribution in [0.1, 0.15) is 29.5 Å². The van der Waals surface area contributed by atoms with Gasteiger partial charge in [0.05, 0.1) is 18.1 Å². The lowest BCUT2D eigenvalue weighted by Crippen LogP contribution is -2.48. The van der Waals surface area contributed by atoms with E-state index >= 15 is 0 Å². The lowest BCUT2D eigenvalue weighted by molar-refractivity contribution is -0.125. The molecule has 0 heterocycles. The Kier molecular flexibility index (Phi) is 4.23. The number of rotatable bonds is 6. The Balaban J connectivity index is 1.49. The predicted octanol–water partition coefficient (Wildman–Crippen LogP) is 3.03. The third-order valence-corrected chi connectivity index (χ3v) is 5.95. The van der Waals surface area contributed by atoms with Gasteiger partial charge in [-0.1, -0.05) is 42.5 Å². The van der Waals surface area contributed by atoms with E-state index in [-0.39, 0.29) is 11.5 Å². The van der Waals surface area contributed by atoms with Crippen molar-refractivity contribution in [2.45, 2.75) is 36.7 Å². The predicted molar refractivity (Wildman–Crippen MR) is 101 cm³/mol. The van der Waals surface area contributed by atoms with Gasteiger partial charge in [0, 0.05) is 32.1 Å². The van der Waals surface area contributed by atoms with Crippen molar-refractivity contribution in [3.63, 3.8) is 0 Å². The Morgan fingerprint density at radius 2 is 1.62 bits per heavy atom. The molecule has 2 aliphatic carbocycles. The number of fused-ring (bicyclic) bond motifs is 1. The lowest BCUT2D eigenvalue weighted by atomic mass is 9.93. The van der Waals surface area contributed by atoms with Crippen molar-refractivity contribution < 1.29 is 14.3 Å². The van der Waals surface area contributed by atoms with Crippen molar-refractivity contribution >= 4 is 5.91 Å². The summed E-state index contributed by atoms with van der Waals surface area (Å²) in [6, 6.07) is 16.2. The van der Waals surface area contributed by atoms with Crippen LogP contribution in [0.3, 0.4) is 0 Å². The van der Waals surface area contributed by atoms with Crippen LogP contribution in [0, 0.1) is 0 Å². The molecule has 0 aromatic heterocycles. The third kappa shape index (κ3) is 2.78. The van der Waals surface area contributed by atoms with E-state index in [0.717, 1.165) is 37.0 Å². The minimum atomic E-state index is -0.451. The lowest BCUT2D eigenvalue weighted by Gasteiger charge is -2.29. The van der Waals surface area contributed by atoms with E-state index in [0.29, 0.717) is 6.54 Å². The van der Waals surface area contributed by atoms with Crippen LogP contribution < -0.4 is 10.1 Å². The van der Waals surface area contributed by atoms with Gasteiger partial charge in [-0.25, -0.2) is 0 Å². The molecule has 4 nitrogen and oxygen atoms in total. The number of ether oxygens (including phenoxy) is 2. The molecule has 1 N–H and O–H groups in total. The van der Waals surface area contributed by atoms with E-state index in [1.807, 2.05) is 24.3 Å². The zero-order valence-corrected chi connectivity index (χ0v) is 15.4. The number of methoxy groups -OCH3 is 2. The van der Waals surface area contributed by atoms with E-state index in [1.54, 1.807) is 14.2 Å². The Hall–Kier alpha value is -2.33. The molecule has 4 heteroatoms. The van der Waals surface area contributed by atoms with E-state index in [1.165, 1.54) is 11.1 Å². The van der Waals surface area contributed by atoms with Crippen LogP contribution in [0.5, 0.6) is 5.75 Å². The number of hydrogen-bond acceptors (Lipinski definition) is 3. The maximum atomic E-state index is 13.1. The van der Waals surface area contributed by atoms with E-state index in [4.69, 9.17) is 9.47 Å². The molecule has 26 heavy (non-hydrogen) atoms. The van der Waals surface area contributed by atoms with Gasteiger partial charge in [-0.3, -0.25) is 4.79 Å². The molecule has 1 saturated carbocycles. The molecule has 0 radical (unpaired) electrons. The molecule has 4 rings (SSSR count). The Morgan fingerprint density at radius 3 is 2.19 bits per heavy atom. The fourth-order valence-corrected chi connectivity index (χ4v) is 4.19. The van der Waals surface area contributed by atoms with Gasteiger partial charge in [0.25, 0.3) is 0 Å². The zero-order chi connectivity index (χ0) is 18.2. The normalized spacial score (nSPS) is 18.8. The molecule has 0 bridgehead atoms. The summed E-state index contributed by atoms with van der Waals surface area (Å²) >= 11 is 0. The van der Waals surface area contributed by atoms with E-state index in [9.17, 15) is 4.79 Å². The van der Waals surface area contributed by atoms with Gasteiger partial charge < -0.3 is 14.8 Å². The van der Waals surface area contributed by atoms with E-state index in [2.05, 4.69) is 29.6 Å². The van der Waals surface area contributed by atoms with Crippen LogP contribution in [0.15, 0.2) is 48.5 Å². The SMILES string of the molecule is COc1ccccc1C1(C(=O)NCC2(OC)Cc3ccccc3C2)CC1. The first-order valence-corrected chi connectivity index (χ1v) is 9.16. The van der Waals surface area contributed by atoms with Crippen molar-refractivity contribution in [2.75, 3.05) is 20.8 Å². The summed E-state index contributed by atoms with van der Waals surface area (Å²) in [6.45, 7) is 0.522. The van der Waals surface area contributed by atoms with Gasteiger partial charge in [-0.2, -0.15) is 0 Å². The van der Waals surface area contributed by atoms with Gasteiger partial charge in [0.2, 0.25) is 5.91 Å². The van der Waals surface area contributed by atoms with Gasteiger partial charge >= 0.3 is 0 Å². The monoisotopic (exact) mass is 351 g/mol. The Labute approximate surface area is 154 Å². The fourth-order valence-electron chi connectivity index (χ4n) is 4.19. The van der Waals surface area contributed by atoms with Crippen molar-refractivity contribution in [3.05, 3.63) is 65.2 Å². The van der Waals surface area contributed by atoms with Gasteiger partial charge in [0.15, 0.2) is 0 Å². The molecule has 0 aliphatic heterocycles. The number of para-hydroxylation sites is 1. The van der Waals surface area contributed by atoms with Gasteiger partial charge in [-0.05, 0) is 30.0 Å². The number of nitrogens with one attached hydrogen (secondary N) is 1. The minimum Gasteiger partial charge on any atom is -0.496 e. The highest BCUT2D eigenvalue weighted by atomic mass is 16.5. The summed E-state index contributed by atoms with van der Waals surface area (Å²) in [7, 11) is 3.40. The van der Waals surface area contributed by atoms with Gasteiger partial charge in [0.1, 0.15) is 5.75 Å². The molecule has 0 spiro atoms. The second kappa shape index (κ2) is 6.44. The minimum absolute atomic E-state index is 0.0781. The van der Waals surface area contributed by atoms with Crippen molar-refractivity contribution in [3.8, 4) is 5.75 Å². The van der Waals surface area contributed by atoms with Crippen molar-refractivity contribution in [2.24, 2.45) is 0 Å². The molecule has 0 saturated heterocycles. The summed E-state index contributed by atoms with van der Waals surface area (Å²) in [5.74, 6) is 0.865. The van der Waals surface area contributed by atoms with Crippen LogP contribution in [-0.4, -0.2) is 32.3 Å². The Morgan fingerprint density at radius 1 is 1.00 bits per heavy atom. The molecular formula is C22H25NO3. The van der Waals surface area contributed by atoms with Gasteiger partial charge in [-0.15, -0.1) is 0 Å². The van der Waals surface area contributed by atoms with Crippen LogP contribution in [0.4, 0.5) is 0 Å². The smallest absolute Gasteiger partial charge is 0.230 e. The number of carbonyl (C=O) groups is 1. The highest BCUT2D eigenvalue weighted by molar-refractivity contribution is 5.92. The largest absolute Gasteiger partial charge is 0.496 e. The van der Waals surface area contributed by atoms with Crippen LogP contribution >= 0.6 is 0 Å². The number of hydrogen-bond donors (Lipinski definition) is 1. The molecule has 0 unspecified atom stereocenters. The molecule has 1 fully saturated rings. The van der Waals surface area contributed by atoms with Crippen LogP contribution in [-0.2, 0) is 27.8 Å². The average molecular weight is 351 g/mol. The summed E-state index contributed by atoms with van der Waals surface area (Å²) in [5.41, 5.74) is 2.81. The first kappa shape index (κ1) is 17.1. The molecule has 2 aliphatic rings. The maximum Gasteiger partial charge on any atom is 0.230 e. The van der Waals surface area contributed by atoms with Crippen LogP contribution in [0.2, 0.25) is 0 Å². The zero-order valence-electron chi connectivity index (χ0n) is 15.4. The second-order valence-corrected chi connectivity index (χ2v) is 7.47. The molecule has 2 aromatic carbocycles. The summed E-state index contributed by atoms with van der Waals surface area (Å²) in [5, 5.41) is 3.18. The molecule has 1 amide bonds. The number of carbonyl (C=O) groups excluding carboxylic acids is 1.